The molecular formula is C25H25NO2. The van der Waals surface area contributed by atoms with E-state index < -0.39 is 0 Å². The third-order valence-corrected chi connectivity index (χ3v) is 5.30. The molecule has 0 bridgehead atoms. The van der Waals surface area contributed by atoms with E-state index in [0.29, 0.717) is 12.6 Å². The van der Waals surface area contributed by atoms with Gasteiger partial charge in [0.25, 0.3) is 0 Å². The summed E-state index contributed by atoms with van der Waals surface area (Å²) in [6, 6.07) is 28.5. The summed E-state index contributed by atoms with van der Waals surface area (Å²) in [7, 11) is 1.67. The molecule has 0 spiro atoms. The van der Waals surface area contributed by atoms with Crippen LogP contribution in [0.15, 0.2) is 84.9 Å². The van der Waals surface area contributed by atoms with Gasteiger partial charge < -0.3 is 9.64 Å². The van der Waals surface area contributed by atoms with Crippen molar-refractivity contribution in [2.75, 3.05) is 7.11 Å². The monoisotopic (exact) mass is 371 g/mol. The summed E-state index contributed by atoms with van der Waals surface area (Å²) >= 11 is 0. The fourth-order valence-electron chi connectivity index (χ4n) is 3.64. The van der Waals surface area contributed by atoms with Crippen molar-refractivity contribution in [3.8, 4) is 5.75 Å². The Bertz CT molecular complexity index is 863. The third kappa shape index (κ3) is 4.09. The van der Waals surface area contributed by atoms with Crippen LogP contribution in [0, 0.1) is 0 Å². The first kappa shape index (κ1) is 18.3. The van der Waals surface area contributed by atoms with Crippen LogP contribution in [0.2, 0.25) is 0 Å². The minimum atomic E-state index is -0.277. The van der Waals surface area contributed by atoms with Crippen LogP contribution in [0.1, 0.15) is 35.4 Å². The van der Waals surface area contributed by atoms with E-state index in [2.05, 4.69) is 4.90 Å². The van der Waals surface area contributed by atoms with Gasteiger partial charge in [-0.15, -0.1) is 0 Å². The maximum absolute atomic E-state index is 13.8. The quantitative estimate of drug-likeness (QED) is 0.584. The largest absolute Gasteiger partial charge is 0.497 e. The van der Waals surface area contributed by atoms with Gasteiger partial charge in [0.15, 0.2) is 0 Å². The minimum Gasteiger partial charge on any atom is -0.497 e. The van der Waals surface area contributed by atoms with Gasteiger partial charge in [0.1, 0.15) is 5.75 Å². The van der Waals surface area contributed by atoms with Gasteiger partial charge in [-0.1, -0.05) is 72.8 Å². The van der Waals surface area contributed by atoms with Crippen molar-refractivity contribution < 1.29 is 9.53 Å². The Hall–Kier alpha value is -3.07. The average Bonchev–Trinajstić information content (AvgIpc) is 3.59. The van der Waals surface area contributed by atoms with Crippen molar-refractivity contribution in [1.82, 2.24) is 4.90 Å². The molecule has 4 rings (SSSR count). The number of ether oxygens (including phenoxy) is 1. The lowest BCUT2D eigenvalue weighted by Gasteiger charge is -2.28. The van der Waals surface area contributed by atoms with E-state index in [1.54, 1.807) is 7.11 Å². The van der Waals surface area contributed by atoms with Gasteiger partial charge in [-0.25, -0.2) is 0 Å². The standard InChI is InChI=1S/C25H25NO2/c1-28-23-16-12-19(13-17-23)18-26(22-14-15-22)25(27)24(20-8-4-2-5-9-20)21-10-6-3-7-11-21/h2-13,16-17,22,24H,14-15,18H2,1H3. The minimum absolute atomic E-state index is 0.177. The zero-order valence-corrected chi connectivity index (χ0v) is 16.1. The molecule has 0 saturated heterocycles. The number of methoxy groups -OCH3 is 1. The maximum Gasteiger partial charge on any atom is 0.235 e. The molecule has 1 saturated carbocycles. The predicted molar refractivity (Wildman–Crippen MR) is 111 cm³/mol. The highest BCUT2D eigenvalue weighted by Crippen LogP contribution is 2.34. The molecule has 0 heterocycles. The van der Waals surface area contributed by atoms with E-state index in [0.717, 1.165) is 35.3 Å². The summed E-state index contributed by atoms with van der Waals surface area (Å²) in [6.07, 6.45) is 2.16. The molecule has 1 fully saturated rings. The molecule has 3 nitrogen and oxygen atoms in total. The van der Waals surface area contributed by atoms with Crippen LogP contribution in [0.5, 0.6) is 5.75 Å². The second kappa shape index (κ2) is 8.30. The topological polar surface area (TPSA) is 29.5 Å². The highest BCUT2D eigenvalue weighted by Gasteiger charge is 2.36. The normalized spacial score (nSPS) is 13.4. The summed E-state index contributed by atoms with van der Waals surface area (Å²) in [4.78, 5) is 15.8. The molecule has 142 valence electrons. The smallest absolute Gasteiger partial charge is 0.235 e. The average molecular weight is 371 g/mol. The van der Waals surface area contributed by atoms with Crippen LogP contribution in [0.3, 0.4) is 0 Å². The van der Waals surface area contributed by atoms with Crippen LogP contribution in [-0.2, 0) is 11.3 Å². The van der Waals surface area contributed by atoms with E-state index in [1.165, 1.54) is 0 Å². The Balaban J connectivity index is 1.65. The molecule has 3 aromatic carbocycles. The first-order valence-corrected chi connectivity index (χ1v) is 9.79. The lowest BCUT2D eigenvalue weighted by molar-refractivity contribution is -0.133. The molecule has 0 aliphatic heterocycles. The number of nitrogens with zero attached hydrogens (tertiary/aromatic N) is 1. The SMILES string of the molecule is COc1ccc(CN(C(=O)C(c2ccccc2)c2ccccc2)C2CC2)cc1. The van der Waals surface area contributed by atoms with Crippen molar-refractivity contribution in [3.05, 3.63) is 102 Å². The Morgan fingerprint density at radius 2 is 1.43 bits per heavy atom. The summed E-state index contributed by atoms with van der Waals surface area (Å²) in [6.45, 7) is 0.629. The van der Waals surface area contributed by atoms with Gasteiger partial charge in [0.05, 0.1) is 13.0 Å². The van der Waals surface area contributed by atoms with Gasteiger partial charge in [-0.2, -0.15) is 0 Å². The molecule has 3 heteroatoms. The first-order valence-electron chi connectivity index (χ1n) is 9.79. The molecule has 0 unspecified atom stereocenters. The second-order valence-electron chi connectivity index (χ2n) is 7.30. The van der Waals surface area contributed by atoms with Crippen LogP contribution in [0.25, 0.3) is 0 Å². The van der Waals surface area contributed by atoms with E-state index in [1.807, 2.05) is 84.9 Å². The fourth-order valence-corrected chi connectivity index (χ4v) is 3.64. The number of rotatable bonds is 7. The van der Waals surface area contributed by atoms with Crippen molar-refractivity contribution in [2.24, 2.45) is 0 Å². The first-order chi connectivity index (χ1) is 13.8. The zero-order chi connectivity index (χ0) is 19.3. The van der Waals surface area contributed by atoms with E-state index in [-0.39, 0.29) is 11.8 Å². The third-order valence-electron chi connectivity index (χ3n) is 5.30. The highest BCUT2D eigenvalue weighted by atomic mass is 16.5. The molecular weight excluding hydrogens is 346 g/mol. The predicted octanol–water partition coefficient (Wildman–Crippen LogP) is 5.02. The molecule has 1 amide bonds. The summed E-state index contributed by atoms with van der Waals surface area (Å²) in [5.41, 5.74) is 3.21. The van der Waals surface area contributed by atoms with Crippen molar-refractivity contribution in [3.63, 3.8) is 0 Å². The van der Waals surface area contributed by atoms with Crippen LogP contribution < -0.4 is 4.74 Å². The Labute approximate surface area is 166 Å². The van der Waals surface area contributed by atoms with Gasteiger partial charge >= 0.3 is 0 Å². The Kier molecular flexibility index (Phi) is 5.43. The van der Waals surface area contributed by atoms with Crippen LogP contribution >= 0.6 is 0 Å². The summed E-state index contributed by atoms with van der Waals surface area (Å²) in [5.74, 6) is 0.733. The summed E-state index contributed by atoms with van der Waals surface area (Å²) < 4.78 is 5.25. The van der Waals surface area contributed by atoms with Crippen molar-refractivity contribution in [1.29, 1.82) is 0 Å². The Morgan fingerprint density at radius 3 is 1.89 bits per heavy atom. The number of hydrogen-bond acceptors (Lipinski definition) is 2. The second-order valence-corrected chi connectivity index (χ2v) is 7.30. The molecule has 0 N–H and O–H groups in total. The maximum atomic E-state index is 13.8. The molecule has 1 aliphatic carbocycles. The Morgan fingerprint density at radius 1 is 0.893 bits per heavy atom. The van der Waals surface area contributed by atoms with Gasteiger partial charge in [0, 0.05) is 12.6 Å². The zero-order valence-electron chi connectivity index (χ0n) is 16.1. The van der Waals surface area contributed by atoms with Gasteiger partial charge in [0.2, 0.25) is 5.91 Å². The van der Waals surface area contributed by atoms with Crippen molar-refractivity contribution in [2.45, 2.75) is 31.3 Å². The van der Waals surface area contributed by atoms with E-state index in [9.17, 15) is 4.79 Å². The number of carbonyl (C=O) groups is 1. The molecule has 1 aliphatic rings. The van der Waals surface area contributed by atoms with E-state index in [4.69, 9.17) is 4.74 Å². The van der Waals surface area contributed by atoms with Crippen molar-refractivity contribution >= 4 is 5.91 Å². The molecule has 0 atom stereocenters. The van der Waals surface area contributed by atoms with Crippen LogP contribution in [-0.4, -0.2) is 24.0 Å². The number of benzene rings is 3. The fraction of sp³-hybridized carbons (Fsp3) is 0.240. The molecule has 0 aromatic heterocycles. The molecule has 28 heavy (non-hydrogen) atoms. The van der Waals surface area contributed by atoms with Gasteiger partial charge in [-0.05, 0) is 41.7 Å². The lowest BCUT2D eigenvalue weighted by atomic mass is 9.89. The molecule has 3 aromatic rings. The summed E-state index contributed by atoms with van der Waals surface area (Å²) in [5, 5.41) is 0. The number of amides is 1. The lowest BCUT2D eigenvalue weighted by Crippen LogP contribution is -2.37. The van der Waals surface area contributed by atoms with E-state index >= 15 is 0 Å². The highest BCUT2D eigenvalue weighted by molar-refractivity contribution is 5.87. The van der Waals surface area contributed by atoms with Gasteiger partial charge in [-0.3, -0.25) is 4.79 Å². The number of carbonyl (C=O) groups excluding carboxylic acids is 1. The van der Waals surface area contributed by atoms with Crippen LogP contribution in [0.4, 0.5) is 0 Å². The number of hydrogen-bond donors (Lipinski definition) is 0. The molecule has 0 radical (unpaired) electrons.